The number of halogens is 3. The van der Waals surface area contributed by atoms with Crippen LogP contribution in [0.3, 0.4) is 0 Å². The smallest absolute Gasteiger partial charge is 0.418 e. The Balaban J connectivity index is 0.000000224. The first-order chi connectivity index (χ1) is 10.2. The van der Waals surface area contributed by atoms with E-state index in [0.29, 0.717) is 6.42 Å². The summed E-state index contributed by atoms with van der Waals surface area (Å²) in [4.78, 5) is 10.4. The standard InChI is InChI=1S/C8H7F3O.C7H10O3/c9-8(10,11)7(12)6-4-2-1-3-5-6;1-5(8)10-7-3-2-6(9)4-7/h1-5,7,12H;2-3,6-7,9H,4H2,1H3. The van der Waals surface area contributed by atoms with E-state index >= 15 is 0 Å². The molecule has 7 heteroatoms. The van der Waals surface area contributed by atoms with Gasteiger partial charge < -0.3 is 14.9 Å². The van der Waals surface area contributed by atoms with Crippen LogP contribution in [0.1, 0.15) is 25.0 Å². The number of esters is 1. The van der Waals surface area contributed by atoms with Crippen molar-refractivity contribution < 1.29 is 32.9 Å². The first kappa shape index (κ1) is 18.2. The van der Waals surface area contributed by atoms with Gasteiger partial charge in [-0.15, -0.1) is 0 Å². The number of aliphatic hydroxyl groups is 2. The van der Waals surface area contributed by atoms with Crippen molar-refractivity contribution in [3.63, 3.8) is 0 Å². The maximum absolute atomic E-state index is 11.9. The number of aliphatic hydroxyl groups excluding tert-OH is 2. The third kappa shape index (κ3) is 6.28. The molecule has 0 heterocycles. The lowest BCUT2D eigenvalue weighted by Gasteiger charge is -2.13. The molecule has 22 heavy (non-hydrogen) atoms. The Labute approximate surface area is 125 Å². The fourth-order valence-corrected chi connectivity index (χ4v) is 1.77. The fraction of sp³-hybridized carbons (Fsp3) is 0.400. The lowest BCUT2D eigenvalue weighted by Crippen LogP contribution is -2.19. The Hall–Kier alpha value is -1.86. The molecule has 0 aliphatic heterocycles. The highest BCUT2D eigenvalue weighted by atomic mass is 19.4. The molecule has 0 bridgehead atoms. The van der Waals surface area contributed by atoms with Crippen molar-refractivity contribution in [3.05, 3.63) is 48.0 Å². The number of benzene rings is 1. The van der Waals surface area contributed by atoms with Crippen LogP contribution in [-0.4, -0.2) is 34.6 Å². The summed E-state index contributed by atoms with van der Waals surface area (Å²) in [6.07, 6.45) is -3.78. The highest BCUT2D eigenvalue weighted by Crippen LogP contribution is 2.31. The van der Waals surface area contributed by atoms with Crippen molar-refractivity contribution in [2.45, 2.75) is 37.8 Å². The Bertz CT molecular complexity index is 499. The van der Waals surface area contributed by atoms with Gasteiger partial charge in [-0.25, -0.2) is 0 Å². The summed E-state index contributed by atoms with van der Waals surface area (Å²) in [5.74, 6) is -0.302. The summed E-state index contributed by atoms with van der Waals surface area (Å²) in [6, 6.07) is 6.96. The largest absolute Gasteiger partial charge is 0.458 e. The van der Waals surface area contributed by atoms with Crippen molar-refractivity contribution in [3.8, 4) is 0 Å². The molecule has 0 saturated heterocycles. The molecule has 3 atom stereocenters. The van der Waals surface area contributed by atoms with Crippen molar-refractivity contribution in [1.82, 2.24) is 0 Å². The number of carbonyl (C=O) groups excluding carboxylic acids is 1. The maximum Gasteiger partial charge on any atom is 0.418 e. The maximum atomic E-state index is 11.9. The van der Waals surface area contributed by atoms with E-state index in [2.05, 4.69) is 0 Å². The molecule has 2 N–H and O–H groups in total. The molecule has 0 radical (unpaired) electrons. The van der Waals surface area contributed by atoms with Gasteiger partial charge in [0.05, 0.1) is 6.10 Å². The summed E-state index contributed by atoms with van der Waals surface area (Å²) < 4.78 is 40.5. The number of hydrogen-bond donors (Lipinski definition) is 2. The summed E-state index contributed by atoms with van der Waals surface area (Å²) in [5, 5.41) is 17.7. The highest BCUT2D eigenvalue weighted by Gasteiger charge is 2.39. The molecule has 1 aromatic rings. The number of carbonyl (C=O) groups is 1. The summed E-state index contributed by atoms with van der Waals surface area (Å²) in [7, 11) is 0. The molecule has 0 saturated carbocycles. The van der Waals surface area contributed by atoms with Crippen LogP contribution in [0.4, 0.5) is 13.2 Å². The van der Waals surface area contributed by atoms with Crippen molar-refractivity contribution in [2.75, 3.05) is 0 Å². The lowest BCUT2D eigenvalue weighted by molar-refractivity contribution is -0.206. The molecule has 1 aromatic carbocycles. The zero-order chi connectivity index (χ0) is 16.8. The Morgan fingerprint density at radius 1 is 1.27 bits per heavy atom. The van der Waals surface area contributed by atoms with Gasteiger partial charge >= 0.3 is 12.1 Å². The molecular formula is C15H17F3O4. The third-order valence-corrected chi connectivity index (χ3v) is 2.76. The van der Waals surface area contributed by atoms with Gasteiger partial charge in [0.1, 0.15) is 6.10 Å². The van der Waals surface area contributed by atoms with Gasteiger partial charge in [0.25, 0.3) is 0 Å². The highest BCUT2D eigenvalue weighted by molar-refractivity contribution is 5.66. The van der Waals surface area contributed by atoms with Crippen LogP contribution in [-0.2, 0) is 9.53 Å². The van der Waals surface area contributed by atoms with Crippen LogP contribution in [0.5, 0.6) is 0 Å². The average molecular weight is 318 g/mol. The minimum Gasteiger partial charge on any atom is -0.458 e. The second kappa shape index (κ2) is 7.95. The van der Waals surface area contributed by atoms with E-state index in [4.69, 9.17) is 14.9 Å². The molecule has 0 aromatic heterocycles. The van der Waals surface area contributed by atoms with Gasteiger partial charge in [-0.1, -0.05) is 36.4 Å². The first-order valence-electron chi connectivity index (χ1n) is 6.53. The van der Waals surface area contributed by atoms with E-state index in [-0.39, 0.29) is 17.6 Å². The lowest BCUT2D eigenvalue weighted by atomic mass is 10.1. The van der Waals surface area contributed by atoms with Gasteiger partial charge in [-0.05, 0) is 11.6 Å². The quantitative estimate of drug-likeness (QED) is 0.649. The third-order valence-electron chi connectivity index (χ3n) is 2.76. The minimum atomic E-state index is -4.58. The molecule has 2 rings (SSSR count). The molecule has 122 valence electrons. The molecule has 0 fully saturated rings. The van der Waals surface area contributed by atoms with Crippen molar-refractivity contribution >= 4 is 5.97 Å². The second-order valence-corrected chi connectivity index (χ2v) is 4.69. The van der Waals surface area contributed by atoms with E-state index in [1.165, 1.54) is 31.2 Å². The SMILES string of the molecule is CC(=O)OC1C=CC(O)C1.OC(c1ccccc1)C(F)(F)F. The monoisotopic (exact) mass is 318 g/mol. The molecule has 1 aliphatic rings. The van der Waals surface area contributed by atoms with E-state index in [0.717, 1.165) is 0 Å². The number of rotatable bonds is 2. The zero-order valence-electron chi connectivity index (χ0n) is 11.8. The Morgan fingerprint density at radius 3 is 2.27 bits per heavy atom. The van der Waals surface area contributed by atoms with E-state index in [1.807, 2.05) is 0 Å². The molecule has 0 amide bonds. The second-order valence-electron chi connectivity index (χ2n) is 4.69. The van der Waals surface area contributed by atoms with E-state index in [1.54, 1.807) is 18.2 Å². The van der Waals surface area contributed by atoms with Gasteiger partial charge in [-0.3, -0.25) is 4.79 Å². The number of alkyl halides is 3. The van der Waals surface area contributed by atoms with Crippen LogP contribution in [0, 0.1) is 0 Å². The van der Waals surface area contributed by atoms with Crippen LogP contribution < -0.4 is 0 Å². The molecule has 4 nitrogen and oxygen atoms in total. The Morgan fingerprint density at radius 2 is 1.86 bits per heavy atom. The van der Waals surface area contributed by atoms with Gasteiger partial charge in [0.15, 0.2) is 6.10 Å². The summed E-state index contributed by atoms with van der Waals surface area (Å²) in [6.45, 7) is 1.36. The molecule has 3 unspecified atom stereocenters. The van der Waals surface area contributed by atoms with Crippen LogP contribution >= 0.6 is 0 Å². The topological polar surface area (TPSA) is 66.8 Å². The van der Waals surface area contributed by atoms with Gasteiger partial charge in [0, 0.05) is 13.3 Å². The first-order valence-corrected chi connectivity index (χ1v) is 6.53. The average Bonchev–Trinajstić information content (AvgIpc) is 2.83. The van der Waals surface area contributed by atoms with Gasteiger partial charge in [-0.2, -0.15) is 13.2 Å². The fourth-order valence-electron chi connectivity index (χ4n) is 1.77. The predicted molar refractivity (Wildman–Crippen MR) is 72.8 cm³/mol. The van der Waals surface area contributed by atoms with Crippen LogP contribution in [0.25, 0.3) is 0 Å². The zero-order valence-corrected chi connectivity index (χ0v) is 11.8. The van der Waals surface area contributed by atoms with Crippen LogP contribution in [0.15, 0.2) is 42.5 Å². The van der Waals surface area contributed by atoms with E-state index < -0.39 is 18.4 Å². The summed E-state index contributed by atoms with van der Waals surface area (Å²) in [5.41, 5.74) is -0.134. The van der Waals surface area contributed by atoms with Crippen LogP contribution in [0.2, 0.25) is 0 Å². The summed E-state index contributed by atoms with van der Waals surface area (Å²) >= 11 is 0. The van der Waals surface area contributed by atoms with Crippen molar-refractivity contribution in [2.24, 2.45) is 0 Å². The van der Waals surface area contributed by atoms with Crippen molar-refractivity contribution in [1.29, 1.82) is 0 Å². The van der Waals surface area contributed by atoms with Gasteiger partial charge in [0.2, 0.25) is 0 Å². The van der Waals surface area contributed by atoms with E-state index in [9.17, 15) is 18.0 Å². The normalized spacial score (nSPS) is 21.7. The number of ether oxygens (including phenoxy) is 1. The predicted octanol–water partition coefficient (Wildman–Crippen LogP) is 2.52. The molecular weight excluding hydrogens is 301 g/mol. The number of hydrogen-bond acceptors (Lipinski definition) is 4. The Kier molecular flexibility index (Phi) is 6.58. The molecule has 1 aliphatic carbocycles. The molecule has 0 spiro atoms. The minimum absolute atomic E-state index is 0.134.